The maximum absolute atomic E-state index is 12.1. The lowest BCUT2D eigenvalue weighted by atomic mass is 9.97. The summed E-state index contributed by atoms with van der Waals surface area (Å²) in [5.41, 5.74) is 6.64. The number of nitrogens with zero attached hydrogens (tertiary/aromatic N) is 2. The molecule has 0 aliphatic carbocycles. The van der Waals surface area contributed by atoms with Crippen LogP contribution in [0, 0.1) is 5.92 Å². The van der Waals surface area contributed by atoms with Crippen LogP contribution in [0.2, 0.25) is 0 Å². The first-order chi connectivity index (χ1) is 12.9. The number of piperidine rings is 1. The SMILES string of the molecule is CN1C(=O)COc2cc(NC(=O)NCCN3CCC[C@H](C(N)=O)C3)ccc21. The smallest absolute Gasteiger partial charge is 0.319 e. The van der Waals surface area contributed by atoms with E-state index in [-0.39, 0.29) is 30.4 Å². The summed E-state index contributed by atoms with van der Waals surface area (Å²) in [5, 5.41) is 5.56. The lowest BCUT2D eigenvalue weighted by Crippen LogP contribution is -2.44. The van der Waals surface area contributed by atoms with Crippen LogP contribution in [0.4, 0.5) is 16.2 Å². The Labute approximate surface area is 157 Å². The number of nitrogens with one attached hydrogen (secondary N) is 2. The number of likely N-dealkylation sites (tertiary alicyclic amines) is 1. The molecule has 1 fully saturated rings. The Balaban J connectivity index is 1.46. The molecule has 9 heteroatoms. The van der Waals surface area contributed by atoms with Gasteiger partial charge in [-0.2, -0.15) is 0 Å². The highest BCUT2D eigenvalue weighted by molar-refractivity contribution is 5.98. The molecule has 0 aromatic heterocycles. The van der Waals surface area contributed by atoms with Crippen LogP contribution in [0.1, 0.15) is 12.8 Å². The van der Waals surface area contributed by atoms with Crippen molar-refractivity contribution < 1.29 is 19.1 Å². The van der Waals surface area contributed by atoms with Crippen LogP contribution in [0.3, 0.4) is 0 Å². The summed E-state index contributed by atoms with van der Waals surface area (Å²) < 4.78 is 5.41. The molecule has 3 rings (SSSR count). The highest BCUT2D eigenvalue weighted by Gasteiger charge is 2.24. The molecule has 1 atom stereocenters. The van der Waals surface area contributed by atoms with E-state index in [9.17, 15) is 14.4 Å². The zero-order valence-electron chi connectivity index (χ0n) is 15.4. The van der Waals surface area contributed by atoms with Gasteiger partial charge in [0, 0.05) is 38.4 Å². The number of benzene rings is 1. The highest BCUT2D eigenvalue weighted by atomic mass is 16.5. The third kappa shape index (κ3) is 4.68. The number of urea groups is 1. The molecule has 2 heterocycles. The molecule has 0 saturated carbocycles. The number of primary amides is 1. The summed E-state index contributed by atoms with van der Waals surface area (Å²) in [6, 6.07) is 4.83. The Morgan fingerprint density at radius 3 is 2.96 bits per heavy atom. The fourth-order valence-corrected chi connectivity index (χ4v) is 3.35. The number of hydrogen-bond donors (Lipinski definition) is 3. The second-order valence-corrected chi connectivity index (χ2v) is 6.85. The van der Waals surface area contributed by atoms with Gasteiger partial charge in [0.1, 0.15) is 5.75 Å². The number of likely N-dealkylation sites (N-methyl/N-ethyl adjacent to an activating group) is 1. The minimum Gasteiger partial charge on any atom is -0.481 e. The van der Waals surface area contributed by atoms with Gasteiger partial charge in [0.2, 0.25) is 5.91 Å². The molecule has 2 aliphatic heterocycles. The third-order valence-electron chi connectivity index (χ3n) is 4.93. The maximum atomic E-state index is 12.1. The molecule has 1 aromatic rings. The van der Waals surface area contributed by atoms with Crippen molar-refractivity contribution in [1.82, 2.24) is 10.2 Å². The number of amides is 4. The minimum atomic E-state index is -0.321. The van der Waals surface area contributed by atoms with Crippen LogP contribution >= 0.6 is 0 Å². The van der Waals surface area contributed by atoms with Gasteiger partial charge >= 0.3 is 6.03 Å². The molecule has 0 unspecified atom stereocenters. The summed E-state index contributed by atoms with van der Waals surface area (Å²) in [5.74, 6) is 0.0819. The van der Waals surface area contributed by atoms with Crippen molar-refractivity contribution >= 4 is 29.2 Å². The largest absolute Gasteiger partial charge is 0.481 e. The zero-order chi connectivity index (χ0) is 19.4. The molecule has 0 bridgehead atoms. The Hall–Kier alpha value is -2.81. The summed E-state index contributed by atoms with van der Waals surface area (Å²) >= 11 is 0. The van der Waals surface area contributed by atoms with E-state index in [1.165, 1.54) is 4.90 Å². The highest BCUT2D eigenvalue weighted by Crippen LogP contribution is 2.33. The quantitative estimate of drug-likeness (QED) is 0.687. The predicted molar refractivity (Wildman–Crippen MR) is 101 cm³/mol. The van der Waals surface area contributed by atoms with E-state index in [0.29, 0.717) is 36.8 Å². The summed E-state index contributed by atoms with van der Waals surface area (Å²) in [4.78, 5) is 38.7. The molecule has 4 amide bonds. The summed E-state index contributed by atoms with van der Waals surface area (Å²) in [6.45, 7) is 2.67. The maximum Gasteiger partial charge on any atom is 0.319 e. The van der Waals surface area contributed by atoms with E-state index < -0.39 is 0 Å². The van der Waals surface area contributed by atoms with E-state index in [4.69, 9.17) is 10.5 Å². The molecular weight excluding hydrogens is 350 g/mol. The van der Waals surface area contributed by atoms with Crippen LogP contribution in [-0.4, -0.2) is 62.6 Å². The average molecular weight is 375 g/mol. The van der Waals surface area contributed by atoms with E-state index in [1.54, 1.807) is 25.2 Å². The summed E-state index contributed by atoms with van der Waals surface area (Å²) in [6.07, 6.45) is 1.77. The molecule has 4 N–H and O–H groups in total. The fourth-order valence-electron chi connectivity index (χ4n) is 3.35. The average Bonchev–Trinajstić information content (AvgIpc) is 2.65. The topological polar surface area (TPSA) is 117 Å². The van der Waals surface area contributed by atoms with Gasteiger partial charge in [0.25, 0.3) is 5.91 Å². The van der Waals surface area contributed by atoms with Gasteiger partial charge in [-0.25, -0.2) is 4.79 Å². The first kappa shape index (κ1) is 19.0. The Kier molecular flexibility index (Phi) is 5.80. The number of fused-ring (bicyclic) bond motifs is 1. The van der Waals surface area contributed by atoms with Crippen LogP contribution in [0.25, 0.3) is 0 Å². The van der Waals surface area contributed by atoms with Gasteiger partial charge in [0.05, 0.1) is 11.6 Å². The van der Waals surface area contributed by atoms with Gasteiger partial charge in [-0.15, -0.1) is 0 Å². The molecule has 27 heavy (non-hydrogen) atoms. The van der Waals surface area contributed by atoms with Crippen molar-refractivity contribution in [3.8, 4) is 5.75 Å². The summed E-state index contributed by atoms with van der Waals surface area (Å²) in [7, 11) is 1.69. The molecule has 0 radical (unpaired) electrons. The van der Waals surface area contributed by atoms with Crippen molar-refractivity contribution in [2.45, 2.75) is 12.8 Å². The molecule has 0 spiro atoms. The van der Waals surface area contributed by atoms with Crippen molar-refractivity contribution in [3.63, 3.8) is 0 Å². The number of hydrogen-bond acceptors (Lipinski definition) is 5. The monoisotopic (exact) mass is 375 g/mol. The molecule has 1 aromatic carbocycles. The molecule has 1 saturated heterocycles. The standard InChI is InChI=1S/C18H25N5O4/c1-22-14-5-4-13(9-15(14)27-11-16(22)24)21-18(26)20-6-8-23-7-2-3-12(10-23)17(19)25/h4-5,9,12H,2-3,6-8,10-11H2,1H3,(H2,19,25)(H2,20,21,26)/t12-/m0/s1. The van der Waals surface area contributed by atoms with Gasteiger partial charge in [-0.05, 0) is 31.5 Å². The Morgan fingerprint density at radius 2 is 2.19 bits per heavy atom. The van der Waals surface area contributed by atoms with E-state index in [1.807, 2.05) is 0 Å². The molecule has 9 nitrogen and oxygen atoms in total. The van der Waals surface area contributed by atoms with E-state index >= 15 is 0 Å². The van der Waals surface area contributed by atoms with Crippen LogP contribution in [0.5, 0.6) is 5.75 Å². The zero-order valence-corrected chi connectivity index (χ0v) is 15.4. The van der Waals surface area contributed by atoms with Crippen molar-refractivity contribution in [3.05, 3.63) is 18.2 Å². The van der Waals surface area contributed by atoms with Gasteiger partial charge < -0.3 is 30.9 Å². The second-order valence-electron chi connectivity index (χ2n) is 6.85. The number of rotatable bonds is 5. The number of ether oxygens (including phenoxy) is 1. The van der Waals surface area contributed by atoms with Gasteiger partial charge in [-0.3, -0.25) is 9.59 Å². The number of carbonyl (C=O) groups excluding carboxylic acids is 3. The van der Waals surface area contributed by atoms with Crippen molar-refractivity contribution in [2.24, 2.45) is 11.7 Å². The predicted octanol–water partition coefficient (Wildman–Crippen LogP) is 0.361. The van der Waals surface area contributed by atoms with Gasteiger partial charge in [0.15, 0.2) is 6.61 Å². The lowest BCUT2D eigenvalue weighted by molar-refractivity contribution is -0.123. The van der Waals surface area contributed by atoms with Crippen molar-refractivity contribution in [1.29, 1.82) is 0 Å². The van der Waals surface area contributed by atoms with Crippen LogP contribution in [0.15, 0.2) is 18.2 Å². The van der Waals surface area contributed by atoms with E-state index in [0.717, 1.165) is 19.4 Å². The third-order valence-corrected chi connectivity index (χ3v) is 4.93. The Bertz CT molecular complexity index is 738. The number of anilines is 2. The Morgan fingerprint density at radius 1 is 1.37 bits per heavy atom. The second kappa shape index (κ2) is 8.26. The molecule has 2 aliphatic rings. The number of nitrogens with two attached hydrogens (primary N) is 1. The van der Waals surface area contributed by atoms with Crippen LogP contribution in [-0.2, 0) is 9.59 Å². The number of carbonyl (C=O) groups is 3. The lowest BCUT2D eigenvalue weighted by Gasteiger charge is -2.31. The van der Waals surface area contributed by atoms with Gasteiger partial charge in [-0.1, -0.05) is 0 Å². The first-order valence-electron chi connectivity index (χ1n) is 9.04. The van der Waals surface area contributed by atoms with Crippen molar-refractivity contribution in [2.75, 3.05) is 50.1 Å². The molecule has 146 valence electrons. The van der Waals surface area contributed by atoms with Crippen LogP contribution < -0.4 is 26.0 Å². The normalized spacial score (nSPS) is 19.8. The molecular formula is C18H25N5O4. The fraction of sp³-hybridized carbons (Fsp3) is 0.500. The van der Waals surface area contributed by atoms with E-state index in [2.05, 4.69) is 15.5 Å². The first-order valence-corrected chi connectivity index (χ1v) is 9.04. The minimum absolute atomic E-state index is 0.0126.